The van der Waals surface area contributed by atoms with Crippen LogP contribution in [0.2, 0.25) is 0 Å². The maximum atomic E-state index is 11.8. The number of carbonyl (C=O) groups excluding carboxylic acids is 2. The van der Waals surface area contributed by atoms with Crippen LogP contribution in [0.15, 0.2) is 41.8 Å². The molecule has 20 heavy (non-hydrogen) atoms. The van der Waals surface area contributed by atoms with Gasteiger partial charge in [0.25, 0.3) is 0 Å². The van der Waals surface area contributed by atoms with E-state index in [-0.39, 0.29) is 11.6 Å². The standard InChI is InChI=1S/C16H16O3S/c1-12(17)13-5-2-6-14(11-13)19-9-3-7-15(18)16-8-4-10-20-16/h2,4-6,8,10-11H,3,7,9H2,1H3. The summed E-state index contributed by atoms with van der Waals surface area (Å²) in [6.45, 7) is 2.00. The van der Waals surface area contributed by atoms with E-state index in [0.29, 0.717) is 30.8 Å². The molecule has 104 valence electrons. The molecule has 0 saturated carbocycles. The van der Waals surface area contributed by atoms with Gasteiger partial charge < -0.3 is 4.74 Å². The molecule has 2 aromatic rings. The first kappa shape index (κ1) is 14.5. The van der Waals surface area contributed by atoms with Crippen LogP contribution in [0.4, 0.5) is 0 Å². The third kappa shape index (κ3) is 4.03. The van der Waals surface area contributed by atoms with Crippen LogP contribution in [0.25, 0.3) is 0 Å². The molecule has 0 aliphatic heterocycles. The summed E-state index contributed by atoms with van der Waals surface area (Å²) in [4.78, 5) is 23.8. The molecule has 0 N–H and O–H groups in total. The van der Waals surface area contributed by atoms with Crippen molar-refractivity contribution in [3.8, 4) is 5.75 Å². The van der Waals surface area contributed by atoms with Gasteiger partial charge in [-0.2, -0.15) is 0 Å². The minimum atomic E-state index is 0.0170. The van der Waals surface area contributed by atoms with Gasteiger partial charge in [0, 0.05) is 12.0 Å². The van der Waals surface area contributed by atoms with Gasteiger partial charge in [-0.15, -0.1) is 11.3 Å². The Bertz CT molecular complexity index is 588. The van der Waals surface area contributed by atoms with Gasteiger partial charge in [0.2, 0.25) is 0 Å². The number of carbonyl (C=O) groups is 2. The van der Waals surface area contributed by atoms with Crippen LogP contribution >= 0.6 is 11.3 Å². The monoisotopic (exact) mass is 288 g/mol. The van der Waals surface area contributed by atoms with Crippen molar-refractivity contribution in [3.05, 3.63) is 52.2 Å². The van der Waals surface area contributed by atoms with Crippen molar-refractivity contribution in [3.63, 3.8) is 0 Å². The Morgan fingerprint density at radius 2 is 2.05 bits per heavy atom. The van der Waals surface area contributed by atoms with Crippen LogP contribution in [0, 0.1) is 0 Å². The number of benzene rings is 1. The predicted molar refractivity (Wildman–Crippen MR) is 79.8 cm³/mol. The van der Waals surface area contributed by atoms with Crippen molar-refractivity contribution in [2.24, 2.45) is 0 Å². The van der Waals surface area contributed by atoms with Gasteiger partial charge >= 0.3 is 0 Å². The molecule has 0 aliphatic carbocycles. The minimum Gasteiger partial charge on any atom is -0.494 e. The Morgan fingerprint density at radius 3 is 2.75 bits per heavy atom. The Kier molecular flexibility index (Phi) is 5.07. The second-order valence-electron chi connectivity index (χ2n) is 4.44. The van der Waals surface area contributed by atoms with E-state index >= 15 is 0 Å². The number of Topliss-reactive ketones (excluding diaryl/α,β-unsaturated/α-hetero) is 2. The molecule has 4 heteroatoms. The molecule has 0 unspecified atom stereocenters. The van der Waals surface area contributed by atoms with Crippen molar-refractivity contribution in [1.29, 1.82) is 0 Å². The smallest absolute Gasteiger partial charge is 0.172 e. The lowest BCUT2D eigenvalue weighted by Crippen LogP contribution is -2.03. The molecule has 1 heterocycles. The lowest BCUT2D eigenvalue weighted by atomic mass is 10.1. The van der Waals surface area contributed by atoms with Crippen molar-refractivity contribution in [2.45, 2.75) is 19.8 Å². The highest BCUT2D eigenvalue weighted by Crippen LogP contribution is 2.15. The number of rotatable bonds is 7. The van der Waals surface area contributed by atoms with Crippen LogP contribution in [0.1, 0.15) is 39.8 Å². The van der Waals surface area contributed by atoms with E-state index in [2.05, 4.69) is 0 Å². The lowest BCUT2D eigenvalue weighted by Gasteiger charge is -2.06. The highest BCUT2D eigenvalue weighted by molar-refractivity contribution is 7.12. The van der Waals surface area contributed by atoms with Gasteiger partial charge in [0.05, 0.1) is 11.5 Å². The molecule has 0 saturated heterocycles. The Hall–Kier alpha value is -1.94. The summed E-state index contributed by atoms with van der Waals surface area (Å²) in [6.07, 6.45) is 1.15. The summed E-state index contributed by atoms with van der Waals surface area (Å²) in [6, 6.07) is 10.8. The van der Waals surface area contributed by atoms with E-state index in [9.17, 15) is 9.59 Å². The highest BCUT2D eigenvalue weighted by atomic mass is 32.1. The summed E-state index contributed by atoms with van der Waals surface area (Å²) in [5.74, 6) is 0.839. The fourth-order valence-corrected chi connectivity index (χ4v) is 2.48. The number of ketones is 2. The number of hydrogen-bond donors (Lipinski definition) is 0. The van der Waals surface area contributed by atoms with Gasteiger partial charge in [-0.3, -0.25) is 9.59 Å². The largest absolute Gasteiger partial charge is 0.494 e. The number of ether oxygens (including phenoxy) is 1. The van der Waals surface area contributed by atoms with E-state index < -0.39 is 0 Å². The molecule has 3 nitrogen and oxygen atoms in total. The van der Waals surface area contributed by atoms with E-state index in [1.165, 1.54) is 18.3 Å². The Labute approximate surface area is 122 Å². The normalized spacial score (nSPS) is 10.2. The van der Waals surface area contributed by atoms with Gasteiger partial charge in [-0.1, -0.05) is 18.2 Å². The van der Waals surface area contributed by atoms with Gasteiger partial charge in [0.15, 0.2) is 11.6 Å². The molecule has 0 spiro atoms. The fourth-order valence-electron chi connectivity index (χ4n) is 1.79. The maximum absolute atomic E-state index is 11.8. The quantitative estimate of drug-likeness (QED) is 0.571. The summed E-state index contributed by atoms with van der Waals surface area (Å²) in [5, 5.41) is 1.90. The Balaban J connectivity index is 1.77. The van der Waals surface area contributed by atoms with Gasteiger partial charge in [0.1, 0.15) is 5.75 Å². The molecule has 0 radical (unpaired) electrons. The first-order valence-electron chi connectivity index (χ1n) is 6.47. The predicted octanol–water partition coefficient (Wildman–Crippen LogP) is 3.99. The lowest BCUT2D eigenvalue weighted by molar-refractivity contribution is 0.0976. The third-order valence-corrected chi connectivity index (χ3v) is 3.76. The summed E-state index contributed by atoms with van der Waals surface area (Å²) in [7, 11) is 0. The van der Waals surface area contributed by atoms with E-state index in [1.54, 1.807) is 18.2 Å². The first-order valence-corrected chi connectivity index (χ1v) is 7.35. The SMILES string of the molecule is CC(=O)c1cccc(OCCCC(=O)c2cccs2)c1. The van der Waals surface area contributed by atoms with Crippen LogP contribution in [-0.2, 0) is 0 Å². The van der Waals surface area contributed by atoms with Crippen molar-refractivity contribution < 1.29 is 14.3 Å². The van der Waals surface area contributed by atoms with Crippen molar-refractivity contribution in [2.75, 3.05) is 6.61 Å². The number of thiophene rings is 1. The van der Waals surface area contributed by atoms with Crippen LogP contribution < -0.4 is 4.74 Å². The van der Waals surface area contributed by atoms with Gasteiger partial charge in [-0.25, -0.2) is 0 Å². The van der Waals surface area contributed by atoms with E-state index in [0.717, 1.165) is 4.88 Å². The molecular weight excluding hydrogens is 272 g/mol. The zero-order valence-electron chi connectivity index (χ0n) is 11.3. The molecule has 1 aromatic carbocycles. The molecule has 0 atom stereocenters. The molecule has 0 bridgehead atoms. The average molecular weight is 288 g/mol. The molecule has 2 rings (SSSR count). The summed E-state index contributed by atoms with van der Waals surface area (Å²) < 4.78 is 5.56. The zero-order chi connectivity index (χ0) is 14.4. The molecule has 0 fully saturated rings. The topological polar surface area (TPSA) is 43.4 Å². The number of hydrogen-bond acceptors (Lipinski definition) is 4. The van der Waals surface area contributed by atoms with E-state index in [1.807, 2.05) is 23.6 Å². The van der Waals surface area contributed by atoms with Crippen molar-refractivity contribution >= 4 is 22.9 Å². The van der Waals surface area contributed by atoms with Crippen LogP contribution in [-0.4, -0.2) is 18.2 Å². The summed E-state index contributed by atoms with van der Waals surface area (Å²) >= 11 is 1.46. The second-order valence-corrected chi connectivity index (χ2v) is 5.38. The Morgan fingerprint density at radius 1 is 1.20 bits per heavy atom. The minimum absolute atomic E-state index is 0.0170. The zero-order valence-corrected chi connectivity index (χ0v) is 12.1. The molecule has 0 aliphatic rings. The summed E-state index contributed by atoms with van der Waals surface area (Å²) in [5.41, 5.74) is 0.636. The fraction of sp³-hybridized carbons (Fsp3) is 0.250. The highest BCUT2D eigenvalue weighted by Gasteiger charge is 2.06. The molecule has 1 aromatic heterocycles. The third-order valence-electron chi connectivity index (χ3n) is 2.85. The van der Waals surface area contributed by atoms with Crippen LogP contribution in [0.5, 0.6) is 5.75 Å². The van der Waals surface area contributed by atoms with Gasteiger partial charge in [-0.05, 0) is 36.9 Å². The van der Waals surface area contributed by atoms with Crippen LogP contribution in [0.3, 0.4) is 0 Å². The maximum Gasteiger partial charge on any atom is 0.172 e. The molecular formula is C16H16O3S. The van der Waals surface area contributed by atoms with E-state index in [4.69, 9.17) is 4.74 Å². The first-order chi connectivity index (χ1) is 9.66. The van der Waals surface area contributed by atoms with Crippen molar-refractivity contribution in [1.82, 2.24) is 0 Å². The second kappa shape index (κ2) is 7.01. The average Bonchev–Trinajstić information content (AvgIpc) is 2.98. The molecule has 0 amide bonds.